The minimum atomic E-state index is 0.0352. The van der Waals surface area contributed by atoms with Crippen molar-refractivity contribution in [3.05, 3.63) is 65.7 Å². The van der Waals surface area contributed by atoms with E-state index in [1.165, 1.54) is 0 Å². The molecular weight excluding hydrogens is 300 g/mol. The molecule has 3 aromatic carbocycles. The number of carbonyl (C=O) groups excluding carboxylic acids is 1. The van der Waals surface area contributed by atoms with Gasteiger partial charge < -0.3 is 9.47 Å². The van der Waals surface area contributed by atoms with E-state index in [-0.39, 0.29) is 5.78 Å². The lowest BCUT2D eigenvalue weighted by Gasteiger charge is -2.16. The van der Waals surface area contributed by atoms with Gasteiger partial charge in [-0.05, 0) is 46.9 Å². The first-order valence-electron chi connectivity index (χ1n) is 7.73. The van der Waals surface area contributed by atoms with Crippen LogP contribution in [-0.4, -0.2) is 20.0 Å². The number of methoxy groups -OCH3 is 2. The molecule has 0 unspecified atom stereocenters. The molecule has 0 atom stereocenters. The first-order chi connectivity index (χ1) is 11.7. The quantitative estimate of drug-likeness (QED) is 0.700. The lowest BCUT2D eigenvalue weighted by atomic mass is 9.89. The van der Waals surface area contributed by atoms with E-state index < -0.39 is 0 Å². The lowest BCUT2D eigenvalue weighted by molar-refractivity contribution is 0.104. The zero-order chi connectivity index (χ0) is 16.7. The third-order valence-electron chi connectivity index (χ3n) is 4.41. The van der Waals surface area contributed by atoms with Crippen molar-refractivity contribution in [1.29, 1.82) is 0 Å². The van der Waals surface area contributed by atoms with E-state index in [0.29, 0.717) is 0 Å². The Morgan fingerprint density at radius 3 is 2.50 bits per heavy atom. The summed E-state index contributed by atoms with van der Waals surface area (Å²) >= 11 is 0. The van der Waals surface area contributed by atoms with Gasteiger partial charge in [-0.15, -0.1) is 0 Å². The van der Waals surface area contributed by atoms with Crippen LogP contribution in [0.25, 0.3) is 28.0 Å². The Bertz CT molecular complexity index is 999. The number of carbonyl (C=O) groups is 1. The smallest absolute Gasteiger partial charge is 0.186 e. The molecule has 0 amide bonds. The topological polar surface area (TPSA) is 35.5 Å². The lowest BCUT2D eigenvalue weighted by Crippen LogP contribution is -2.02. The molecule has 0 radical (unpaired) electrons. The van der Waals surface area contributed by atoms with Crippen LogP contribution in [0.2, 0.25) is 0 Å². The van der Waals surface area contributed by atoms with Crippen LogP contribution in [0.5, 0.6) is 11.5 Å². The van der Waals surface area contributed by atoms with Gasteiger partial charge in [-0.25, -0.2) is 0 Å². The minimum absolute atomic E-state index is 0.0352. The summed E-state index contributed by atoms with van der Waals surface area (Å²) in [6, 6.07) is 15.8. The molecule has 0 saturated carbocycles. The fraction of sp³-hybridized carbons (Fsp3) is 0.0952. The minimum Gasteiger partial charge on any atom is -0.497 e. The van der Waals surface area contributed by atoms with Gasteiger partial charge in [0.05, 0.1) is 14.2 Å². The molecule has 3 heteroatoms. The first kappa shape index (κ1) is 14.5. The highest BCUT2D eigenvalue weighted by atomic mass is 16.5. The van der Waals surface area contributed by atoms with Crippen LogP contribution >= 0.6 is 0 Å². The molecule has 4 rings (SSSR count). The molecule has 118 valence electrons. The number of ether oxygens (including phenoxy) is 2. The maximum absolute atomic E-state index is 12.4. The van der Waals surface area contributed by atoms with Crippen LogP contribution in [0.3, 0.4) is 0 Å². The van der Waals surface area contributed by atoms with Crippen molar-refractivity contribution >= 4 is 22.6 Å². The molecule has 1 aliphatic rings. The van der Waals surface area contributed by atoms with E-state index in [4.69, 9.17) is 9.47 Å². The van der Waals surface area contributed by atoms with Gasteiger partial charge in [0.25, 0.3) is 0 Å². The van der Waals surface area contributed by atoms with Gasteiger partial charge in [-0.3, -0.25) is 4.79 Å². The molecule has 0 aromatic heterocycles. The summed E-state index contributed by atoms with van der Waals surface area (Å²) in [5, 5.41) is 2.07. The average Bonchev–Trinajstić information content (AvgIpc) is 2.63. The Morgan fingerprint density at radius 1 is 0.833 bits per heavy atom. The summed E-state index contributed by atoms with van der Waals surface area (Å²) in [7, 11) is 3.26. The van der Waals surface area contributed by atoms with Crippen molar-refractivity contribution in [2.24, 2.45) is 0 Å². The summed E-state index contributed by atoms with van der Waals surface area (Å²) in [6.07, 6.45) is 3.51. The third kappa shape index (κ3) is 2.17. The van der Waals surface area contributed by atoms with E-state index in [0.717, 1.165) is 44.5 Å². The zero-order valence-corrected chi connectivity index (χ0v) is 13.5. The third-order valence-corrected chi connectivity index (χ3v) is 4.41. The summed E-state index contributed by atoms with van der Waals surface area (Å²) < 4.78 is 10.8. The van der Waals surface area contributed by atoms with Gasteiger partial charge in [0.2, 0.25) is 0 Å². The van der Waals surface area contributed by atoms with E-state index in [2.05, 4.69) is 6.07 Å². The normalized spacial score (nSPS) is 12.5. The van der Waals surface area contributed by atoms with Crippen molar-refractivity contribution < 1.29 is 14.3 Å². The Kier molecular flexibility index (Phi) is 3.35. The van der Waals surface area contributed by atoms with Crippen molar-refractivity contribution in [2.75, 3.05) is 14.2 Å². The fourth-order valence-corrected chi connectivity index (χ4v) is 3.24. The Hall–Kier alpha value is -3.07. The molecule has 0 aliphatic heterocycles. The molecule has 0 N–H and O–H groups in total. The predicted molar refractivity (Wildman–Crippen MR) is 95.9 cm³/mol. The second-order valence-electron chi connectivity index (χ2n) is 5.73. The maximum Gasteiger partial charge on any atom is 0.186 e. The average molecular weight is 316 g/mol. The molecule has 0 fully saturated rings. The second-order valence-corrected chi connectivity index (χ2v) is 5.73. The highest BCUT2D eigenvalue weighted by molar-refractivity contribution is 6.20. The van der Waals surface area contributed by atoms with Crippen LogP contribution in [0, 0.1) is 0 Å². The van der Waals surface area contributed by atoms with Gasteiger partial charge in [0.15, 0.2) is 5.78 Å². The van der Waals surface area contributed by atoms with Gasteiger partial charge in [0.1, 0.15) is 11.5 Å². The van der Waals surface area contributed by atoms with Gasteiger partial charge in [-0.2, -0.15) is 0 Å². The molecule has 3 nitrogen and oxygen atoms in total. The number of ketones is 1. The van der Waals surface area contributed by atoms with E-state index in [1.807, 2.05) is 48.5 Å². The molecule has 24 heavy (non-hydrogen) atoms. The van der Waals surface area contributed by atoms with Crippen molar-refractivity contribution in [1.82, 2.24) is 0 Å². The maximum atomic E-state index is 12.4. The fourth-order valence-electron chi connectivity index (χ4n) is 3.24. The van der Waals surface area contributed by atoms with Gasteiger partial charge in [-0.1, -0.05) is 24.3 Å². The monoisotopic (exact) mass is 316 g/mol. The first-order valence-corrected chi connectivity index (χ1v) is 7.73. The largest absolute Gasteiger partial charge is 0.497 e. The van der Waals surface area contributed by atoms with E-state index >= 15 is 0 Å². The Morgan fingerprint density at radius 2 is 1.71 bits per heavy atom. The van der Waals surface area contributed by atoms with Crippen molar-refractivity contribution in [3.63, 3.8) is 0 Å². The molecule has 0 saturated heterocycles. The predicted octanol–water partition coefficient (Wildman–Crippen LogP) is 4.73. The second kappa shape index (κ2) is 5.53. The molecule has 0 heterocycles. The van der Waals surface area contributed by atoms with Crippen LogP contribution in [0.4, 0.5) is 0 Å². The summed E-state index contributed by atoms with van der Waals surface area (Å²) in [6.45, 7) is 0. The van der Waals surface area contributed by atoms with E-state index in [1.54, 1.807) is 20.3 Å². The number of hydrogen-bond donors (Lipinski definition) is 0. The zero-order valence-electron chi connectivity index (χ0n) is 13.5. The highest BCUT2D eigenvalue weighted by Crippen LogP contribution is 2.38. The number of hydrogen-bond acceptors (Lipinski definition) is 3. The number of benzene rings is 3. The molecule has 0 bridgehead atoms. The van der Waals surface area contributed by atoms with Gasteiger partial charge in [0, 0.05) is 22.6 Å². The van der Waals surface area contributed by atoms with Gasteiger partial charge >= 0.3 is 0 Å². The summed E-state index contributed by atoms with van der Waals surface area (Å²) in [5.41, 5.74) is 3.70. The SMILES string of the molecule is COc1ccc(-c2cc3c4c(cccc4c2)C=CC3=O)c(OC)c1. The molecular formula is C21H16O3. The molecule has 0 spiro atoms. The van der Waals surface area contributed by atoms with Crippen LogP contribution in [-0.2, 0) is 0 Å². The van der Waals surface area contributed by atoms with Crippen LogP contribution in [0.1, 0.15) is 15.9 Å². The van der Waals surface area contributed by atoms with Crippen LogP contribution in [0.15, 0.2) is 54.6 Å². The molecule has 3 aromatic rings. The van der Waals surface area contributed by atoms with Crippen LogP contribution < -0.4 is 9.47 Å². The highest BCUT2D eigenvalue weighted by Gasteiger charge is 2.18. The number of allylic oxidation sites excluding steroid dienone is 1. The summed E-state index contributed by atoms with van der Waals surface area (Å²) in [4.78, 5) is 12.4. The Labute approximate surface area is 140 Å². The number of rotatable bonds is 3. The van der Waals surface area contributed by atoms with Crippen molar-refractivity contribution in [2.45, 2.75) is 0 Å². The summed E-state index contributed by atoms with van der Waals surface area (Å²) in [5.74, 6) is 1.49. The van der Waals surface area contributed by atoms with E-state index in [9.17, 15) is 4.79 Å². The standard InChI is InChI=1S/C21H16O3/c1-23-16-7-8-17(20(12-16)24-2)15-10-14-5-3-4-13-6-9-19(22)18(11-15)21(13)14/h3-12H,1-2H3. The van der Waals surface area contributed by atoms with Crippen molar-refractivity contribution in [3.8, 4) is 22.6 Å². The molecule has 1 aliphatic carbocycles. The Balaban J connectivity index is 1.99.